The molecule has 0 aliphatic carbocycles. The zero-order valence-corrected chi connectivity index (χ0v) is 11.8. The third kappa shape index (κ3) is 2.53. The zero-order chi connectivity index (χ0) is 14.8. The van der Waals surface area contributed by atoms with Crippen LogP contribution in [0.1, 0.15) is 26.7 Å². The number of hydrogen-bond donors (Lipinski definition) is 1. The third-order valence-electron chi connectivity index (χ3n) is 3.75. The molecule has 0 saturated carbocycles. The Kier molecular flexibility index (Phi) is 4.06. The summed E-state index contributed by atoms with van der Waals surface area (Å²) in [6, 6.07) is 5.77. The monoisotopic (exact) mass is 278 g/mol. The van der Waals surface area contributed by atoms with Crippen molar-refractivity contribution in [1.29, 1.82) is 0 Å². The van der Waals surface area contributed by atoms with Crippen LogP contribution in [0.25, 0.3) is 0 Å². The van der Waals surface area contributed by atoms with Crippen molar-refractivity contribution in [2.75, 3.05) is 18.0 Å². The largest absolute Gasteiger partial charge is 0.355 e. The Morgan fingerprint density at radius 2 is 2.05 bits per heavy atom. The molecule has 0 aromatic heterocycles. The molecule has 0 radical (unpaired) electrons. The van der Waals surface area contributed by atoms with Gasteiger partial charge in [0, 0.05) is 18.8 Å². The Hall–Kier alpha value is -1.91. The Labute approximate surface area is 118 Å². The van der Waals surface area contributed by atoms with Crippen LogP contribution in [0.4, 0.5) is 10.1 Å². The summed E-state index contributed by atoms with van der Waals surface area (Å²) in [4.78, 5) is 26.3. The minimum atomic E-state index is -1.04. The van der Waals surface area contributed by atoms with E-state index >= 15 is 0 Å². The van der Waals surface area contributed by atoms with E-state index in [9.17, 15) is 14.0 Å². The maximum absolute atomic E-state index is 13.0. The van der Waals surface area contributed by atoms with Crippen molar-refractivity contribution in [1.82, 2.24) is 5.32 Å². The molecule has 4 nitrogen and oxygen atoms in total. The first-order chi connectivity index (χ1) is 9.49. The highest BCUT2D eigenvalue weighted by atomic mass is 19.1. The summed E-state index contributed by atoms with van der Waals surface area (Å²) in [5.41, 5.74) is -0.408. The highest BCUT2D eigenvalue weighted by molar-refractivity contribution is 6.11. The average molecular weight is 278 g/mol. The molecule has 5 heteroatoms. The van der Waals surface area contributed by atoms with Crippen LogP contribution < -0.4 is 10.2 Å². The standard InChI is InChI=1S/C15H19FN2O2/c1-3-17-13(19)15(2)9-4-10-18(14(15)20)12-7-5-11(16)6-8-12/h5-8H,3-4,9-10H2,1-2H3,(H,17,19)/t15-/m1/s1. The number of halogens is 1. The fraction of sp³-hybridized carbons (Fsp3) is 0.467. The molecule has 0 bridgehead atoms. The molecule has 1 heterocycles. The van der Waals surface area contributed by atoms with Gasteiger partial charge < -0.3 is 10.2 Å². The molecule has 1 saturated heterocycles. The van der Waals surface area contributed by atoms with Gasteiger partial charge in [-0.25, -0.2) is 4.39 Å². The van der Waals surface area contributed by atoms with Gasteiger partial charge >= 0.3 is 0 Å². The van der Waals surface area contributed by atoms with Gasteiger partial charge in [-0.05, 0) is 51.0 Å². The van der Waals surface area contributed by atoms with Crippen LogP contribution in [0.3, 0.4) is 0 Å². The normalized spacial score (nSPS) is 22.8. The minimum absolute atomic E-state index is 0.221. The number of amides is 2. The lowest BCUT2D eigenvalue weighted by Gasteiger charge is -2.38. The Balaban J connectivity index is 2.26. The van der Waals surface area contributed by atoms with Crippen molar-refractivity contribution >= 4 is 17.5 Å². The first kappa shape index (κ1) is 14.5. The molecule has 0 unspecified atom stereocenters. The summed E-state index contributed by atoms with van der Waals surface area (Å²) in [5, 5.41) is 2.72. The van der Waals surface area contributed by atoms with E-state index in [1.165, 1.54) is 12.1 Å². The van der Waals surface area contributed by atoms with E-state index in [0.717, 1.165) is 6.42 Å². The summed E-state index contributed by atoms with van der Waals surface area (Å²) in [7, 11) is 0. The second kappa shape index (κ2) is 5.61. The lowest BCUT2D eigenvalue weighted by Crippen LogP contribution is -2.54. The molecule has 20 heavy (non-hydrogen) atoms. The van der Waals surface area contributed by atoms with Gasteiger partial charge in [-0.15, -0.1) is 0 Å². The number of carbonyl (C=O) groups is 2. The molecule has 2 amide bonds. The Bertz CT molecular complexity index is 515. The van der Waals surface area contributed by atoms with Crippen molar-refractivity contribution in [3.63, 3.8) is 0 Å². The summed E-state index contributed by atoms with van der Waals surface area (Å²) in [6.45, 7) is 4.56. The van der Waals surface area contributed by atoms with Gasteiger partial charge in [-0.3, -0.25) is 9.59 Å². The average Bonchev–Trinajstić information content (AvgIpc) is 2.43. The van der Waals surface area contributed by atoms with E-state index < -0.39 is 5.41 Å². The Morgan fingerprint density at radius 3 is 2.65 bits per heavy atom. The van der Waals surface area contributed by atoms with Crippen LogP contribution >= 0.6 is 0 Å². The molecule has 1 fully saturated rings. The maximum atomic E-state index is 13.0. The van der Waals surface area contributed by atoms with Crippen LogP contribution in [0.5, 0.6) is 0 Å². The van der Waals surface area contributed by atoms with E-state index in [1.807, 2.05) is 6.92 Å². The van der Waals surface area contributed by atoms with Gasteiger partial charge in [-0.2, -0.15) is 0 Å². The number of rotatable bonds is 3. The molecule has 0 spiro atoms. The van der Waals surface area contributed by atoms with E-state index in [-0.39, 0.29) is 17.6 Å². The summed E-state index contributed by atoms with van der Waals surface area (Å²) in [6.07, 6.45) is 1.28. The van der Waals surface area contributed by atoms with Crippen LogP contribution in [-0.2, 0) is 9.59 Å². The van der Waals surface area contributed by atoms with Gasteiger partial charge in [0.15, 0.2) is 0 Å². The van der Waals surface area contributed by atoms with Gasteiger partial charge in [0.2, 0.25) is 11.8 Å². The second-order valence-electron chi connectivity index (χ2n) is 5.23. The predicted octanol–water partition coefficient (Wildman–Crippen LogP) is 2.09. The molecular formula is C15H19FN2O2. The molecule has 1 aliphatic heterocycles. The van der Waals surface area contributed by atoms with E-state index in [4.69, 9.17) is 0 Å². The fourth-order valence-electron chi connectivity index (χ4n) is 2.53. The fourth-order valence-corrected chi connectivity index (χ4v) is 2.53. The summed E-state index contributed by atoms with van der Waals surface area (Å²) in [5.74, 6) is -0.803. The number of carbonyl (C=O) groups excluding carboxylic acids is 2. The Morgan fingerprint density at radius 1 is 1.40 bits per heavy atom. The second-order valence-corrected chi connectivity index (χ2v) is 5.23. The zero-order valence-electron chi connectivity index (χ0n) is 11.8. The smallest absolute Gasteiger partial charge is 0.242 e. The molecule has 1 atom stereocenters. The molecule has 1 aliphatic rings. The van der Waals surface area contributed by atoms with Crippen molar-refractivity contribution in [2.45, 2.75) is 26.7 Å². The van der Waals surface area contributed by atoms with Crippen LogP contribution in [0.15, 0.2) is 24.3 Å². The van der Waals surface area contributed by atoms with Crippen molar-refractivity contribution < 1.29 is 14.0 Å². The summed E-state index contributed by atoms with van der Waals surface area (Å²) < 4.78 is 13.0. The SMILES string of the molecule is CCNC(=O)[C@@]1(C)CCCN(c2ccc(F)cc2)C1=O. The molecule has 2 rings (SSSR count). The van der Waals surface area contributed by atoms with Crippen molar-refractivity contribution in [2.24, 2.45) is 5.41 Å². The van der Waals surface area contributed by atoms with Crippen molar-refractivity contribution in [3.8, 4) is 0 Å². The first-order valence-electron chi connectivity index (χ1n) is 6.85. The maximum Gasteiger partial charge on any atom is 0.242 e. The topological polar surface area (TPSA) is 49.4 Å². The molecular weight excluding hydrogens is 259 g/mol. The molecule has 1 aromatic carbocycles. The highest BCUT2D eigenvalue weighted by Gasteiger charge is 2.46. The van der Waals surface area contributed by atoms with E-state index in [0.29, 0.717) is 25.2 Å². The highest BCUT2D eigenvalue weighted by Crippen LogP contribution is 2.33. The summed E-state index contributed by atoms with van der Waals surface area (Å²) >= 11 is 0. The third-order valence-corrected chi connectivity index (χ3v) is 3.75. The van der Waals surface area contributed by atoms with Crippen LogP contribution in [-0.4, -0.2) is 24.9 Å². The number of benzene rings is 1. The molecule has 108 valence electrons. The number of nitrogens with one attached hydrogen (secondary N) is 1. The van der Waals surface area contributed by atoms with Gasteiger partial charge in [0.05, 0.1) is 0 Å². The quantitative estimate of drug-likeness (QED) is 0.861. The van der Waals surface area contributed by atoms with Gasteiger partial charge in [-0.1, -0.05) is 0 Å². The van der Waals surface area contributed by atoms with E-state index in [1.54, 1.807) is 24.0 Å². The van der Waals surface area contributed by atoms with E-state index in [2.05, 4.69) is 5.32 Å². The van der Waals surface area contributed by atoms with Crippen LogP contribution in [0.2, 0.25) is 0 Å². The minimum Gasteiger partial charge on any atom is -0.355 e. The first-order valence-corrected chi connectivity index (χ1v) is 6.85. The van der Waals surface area contributed by atoms with Crippen LogP contribution in [0, 0.1) is 11.2 Å². The lowest BCUT2D eigenvalue weighted by molar-refractivity contribution is -0.142. The molecule has 1 N–H and O–H groups in total. The molecule has 1 aromatic rings. The predicted molar refractivity (Wildman–Crippen MR) is 74.8 cm³/mol. The van der Waals surface area contributed by atoms with Gasteiger partial charge in [0.25, 0.3) is 0 Å². The number of piperidine rings is 1. The number of hydrogen-bond acceptors (Lipinski definition) is 2. The lowest BCUT2D eigenvalue weighted by atomic mass is 9.79. The number of nitrogens with zero attached hydrogens (tertiary/aromatic N) is 1. The van der Waals surface area contributed by atoms with Crippen molar-refractivity contribution in [3.05, 3.63) is 30.1 Å². The number of anilines is 1. The van der Waals surface area contributed by atoms with Gasteiger partial charge in [0.1, 0.15) is 11.2 Å².